The monoisotopic (exact) mass is 211 g/mol. The van der Waals surface area contributed by atoms with E-state index < -0.39 is 0 Å². The van der Waals surface area contributed by atoms with Crippen molar-refractivity contribution in [2.45, 2.75) is 26.3 Å². The zero-order valence-electron chi connectivity index (χ0n) is 8.06. The highest BCUT2D eigenvalue weighted by Gasteiger charge is 1.97. The second-order valence-corrected chi connectivity index (χ2v) is 3.69. The number of hydrogen-bond acceptors (Lipinski definition) is 3. The second kappa shape index (κ2) is 4.85. The van der Waals surface area contributed by atoms with Crippen molar-refractivity contribution in [2.75, 3.05) is 0 Å². The Hall–Kier alpha value is -1.23. The molecule has 0 radical (unpaired) electrons. The van der Waals surface area contributed by atoms with Crippen molar-refractivity contribution in [1.82, 2.24) is 9.78 Å². The minimum absolute atomic E-state index is 0.0760. The molecule has 0 atom stereocenters. The Balaban J connectivity index is 2.59. The molecule has 1 aromatic heterocycles. The van der Waals surface area contributed by atoms with E-state index in [0.29, 0.717) is 18.0 Å². The summed E-state index contributed by atoms with van der Waals surface area (Å²) in [6.07, 6.45) is 3.07. The molecule has 0 aliphatic rings. The predicted molar refractivity (Wildman–Crippen MR) is 59.3 cm³/mol. The van der Waals surface area contributed by atoms with E-state index >= 15 is 0 Å². The molecular weight excluding hydrogens is 198 g/mol. The van der Waals surface area contributed by atoms with Crippen LogP contribution < -0.4 is 11.3 Å². The summed E-state index contributed by atoms with van der Waals surface area (Å²) in [5.74, 6) is 0. The van der Waals surface area contributed by atoms with Crippen LogP contribution in [0.4, 0.5) is 0 Å². The Morgan fingerprint density at radius 3 is 3.00 bits per heavy atom. The summed E-state index contributed by atoms with van der Waals surface area (Å²) in [7, 11) is 0. The third-order valence-corrected chi connectivity index (χ3v) is 2.00. The van der Waals surface area contributed by atoms with Crippen molar-refractivity contribution in [3.8, 4) is 0 Å². The first-order valence-electron chi connectivity index (χ1n) is 4.41. The molecule has 76 valence electrons. The highest BCUT2D eigenvalue weighted by molar-refractivity contribution is 7.80. The molecule has 4 nitrogen and oxygen atoms in total. The molecule has 1 heterocycles. The van der Waals surface area contributed by atoms with Crippen LogP contribution in [0.25, 0.3) is 0 Å². The first-order chi connectivity index (χ1) is 6.59. The number of aromatic nitrogens is 2. The molecule has 0 fully saturated rings. The van der Waals surface area contributed by atoms with Crippen molar-refractivity contribution in [3.63, 3.8) is 0 Å². The smallest absolute Gasteiger partial charge is 0.266 e. The molecule has 1 aromatic rings. The van der Waals surface area contributed by atoms with Gasteiger partial charge in [-0.25, -0.2) is 4.68 Å². The van der Waals surface area contributed by atoms with Gasteiger partial charge in [0.25, 0.3) is 5.56 Å². The van der Waals surface area contributed by atoms with Crippen molar-refractivity contribution in [2.24, 2.45) is 5.73 Å². The lowest BCUT2D eigenvalue weighted by Gasteiger charge is -2.03. The highest BCUT2D eigenvalue weighted by atomic mass is 32.1. The third-order valence-electron chi connectivity index (χ3n) is 1.80. The largest absolute Gasteiger partial charge is 0.393 e. The molecular formula is C9H13N3OS. The molecule has 0 amide bonds. The predicted octanol–water partition coefficient (Wildman–Crippen LogP) is 0.618. The Labute approximate surface area is 87.7 Å². The SMILES string of the molecule is Cc1cnn(CCCC(N)=S)c(=O)c1. The fraction of sp³-hybridized carbons (Fsp3) is 0.444. The van der Waals surface area contributed by atoms with Crippen LogP contribution in [-0.2, 0) is 6.54 Å². The summed E-state index contributed by atoms with van der Waals surface area (Å²) in [4.78, 5) is 11.8. The van der Waals surface area contributed by atoms with E-state index in [1.807, 2.05) is 6.92 Å². The van der Waals surface area contributed by atoms with E-state index in [9.17, 15) is 4.79 Å². The molecule has 0 bridgehead atoms. The lowest BCUT2D eigenvalue weighted by molar-refractivity contribution is 0.555. The lowest BCUT2D eigenvalue weighted by Crippen LogP contribution is -2.22. The minimum atomic E-state index is -0.0760. The van der Waals surface area contributed by atoms with Gasteiger partial charge in [-0.05, 0) is 25.3 Å². The van der Waals surface area contributed by atoms with Crippen LogP contribution >= 0.6 is 12.2 Å². The van der Waals surface area contributed by atoms with Crippen LogP contribution in [0.15, 0.2) is 17.1 Å². The number of nitrogens with zero attached hydrogens (tertiary/aromatic N) is 2. The lowest BCUT2D eigenvalue weighted by atomic mass is 10.3. The maximum Gasteiger partial charge on any atom is 0.266 e. The maximum atomic E-state index is 11.4. The first-order valence-corrected chi connectivity index (χ1v) is 4.82. The highest BCUT2D eigenvalue weighted by Crippen LogP contribution is 1.93. The molecule has 0 saturated heterocycles. The quantitative estimate of drug-likeness (QED) is 0.742. The number of hydrogen-bond donors (Lipinski definition) is 1. The summed E-state index contributed by atoms with van der Waals surface area (Å²) < 4.78 is 1.42. The Morgan fingerprint density at radius 1 is 1.71 bits per heavy atom. The molecule has 14 heavy (non-hydrogen) atoms. The first kappa shape index (κ1) is 10.8. The third kappa shape index (κ3) is 3.26. The van der Waals surface area contributed by atoms with E-state index in [4.69, 9.17) is 18.0 Å². The molecule has 0 saturated carbocycles. The van der Waals surface area contributed by atoms with Crippen LogP contribution in [0.5, 0.6) is 0 Å². The van der Waals surface area contributed by atoms with Gasteiger partial charge in [-0.15, -0.1) is 0 Å². The van der Waals surface area contributed by atoms with Crippen LogP contribution in [0.2, 0.25) is 0 Å². The Kier molecular flexibility index (Phi) is 3.76. The van der Waals surface area contributed by atoms with E-state index in [1.165, 1.54) is 4.68 Å². The summed E-state index contributed by atoms with van der Waals surface area (Å²) in [6, 6.07) is 1.56. The fourth-order valence-electron chi connectivity index (χ4n) is 1.10. The van der Waals surface area contributed by atoms with Gasteiger partial charge in [0.05, 0.1) is 11.2 Å². The van der Waals surface area contributed by atoms with Crippen LogP contribution in [0, 0.1) is 6.92 Å². The van der Waals surface area contributed by atoms with Crippen molar-refractivity contribution >= 4 is 17.2 Å². The average Bonchev–Trinajstić information content (AvgIpc) is 2.08. The molecule has 1 rings (SSSR count). The van der Waals surface area contributed by atoms with Gasteiger partial charge in [0.15, 0.2) is 0 Å². The number of aryl methyl sites for hydroxylation is 2. The summed E-state index contributed by atoms with van der Waals surface area (Å²) in [5, 5.41) is 3.99. The van der Waals surface area contributed by atoms with E-state index in [1.54, 1.807) is 12.3 Å². The fourth-order valence-corrected chi connectivity index (χ4v) is 1.24. The van der Waals surface area contributed by atoms with Crippen LogP contribution in [-0.4, -0.2) is 14.8 Å². The summed E-state index contributed by atoms with van der Waals surface area (Å²) in [5.41, 5.74) is 6.14. The number of rotatable bonds is 4. The molecule has 5 heteroatoms. The standard InChI is InChI=1S/C9H13N3OS/c1-7-5-9(13)12(11-6-7)4-2-3-8(10)14/h5-6H,2-4H2,1H3,(H2,10,14). The van der Waals surface area contributed by atoms with Crippen LogP contribution in [0.1, 0.15) is 18.4 Å². The topological polar surface area (TPSA) is 60.9 Å². The van der Waals surface area contributed by atoms with Gasteiger partial charge in [0.1, 0.15) is 0 Å². The number of nitrogens with two attached hydrogens (primary N) is 1. The Morgan fingerprint density at radius 2 is 2.43 bits per heavy atom. The Bertz CT molecular complexity index is 386. The molecule has 0 aromatic carbocycles. The van der Waals surface area contributed by atoms with Gasteiger partial charge in [-0.2, -0.15) is 5.10 Å². The van der Waals surface area contributed by atoms with Gasteiger partial charge in [-0.1, -0.05) is 12.2 Å². The molecule has 0 spiro atoms. The van der Waals surface area contributed by atoms with Gasteiger partial charge in [-0.3, -0.25) is 4.79 Å². The normalized spacial score (nSPS) is 10.1. The van der Waals surface area contributed by atoms with Gasteiger partial charge >= 0.3 is 0 Å². The van der Waals surface area contributed by atoms with E-state index in [0.717, 1.165) is 12.0 Å². The van der Waals surface area contributed by atoms with Gasteiger partial charge in [0.2, 0.25) is 0 Å². The van der Waals surface area contributed by atoms with Crippen LogP contribution in [0.3, 0.4) is 0 Å². The molecule has 0 aliphatic carbocycles. The van der Waals surface area contributed by atoms with Gasteiger partial charge in [0, 0.05) is 12.6 Å². The summed E-state index contributed by atoms with van der Waals surface area (Å²) >= 11 is 4.73. The minimum Gasteiger partial charge on any atom is -0.393 e. The van der Waals surface area contributed by atoms with E-state index in [2.05, 4.69) is 5.10 Å². The van der Waals surface area contributed by atoms with Crippen molar-refractivity contribution in [3.05, 3.63) is 28.2 Å². The summed E-state index contributed by atoms with van der Waals surface area (Å²) in [6.45, 7) is 2.41. The van der Waals surface area contributed by atoms with Gasteiger partial charge < -0.3 is 5.73 Å². The zero-order chi connectivity index (χ0) is 10.6. The zero-order valence-corrected chi connectivity index (χ0v) is 8.88. The number of thiocarbonyl (C=S) groups is 1. The average molecular weight is 211 g/mol. The van der Waals surface area contributed by atoms with Crippen molar-refractivity contribution < 1.29 is 0 Å². The van der Waals surface area contributed by atoms with E-state index in [-0.39, 0.29) is 5.56 Å². The second-order valence-electron chi connectivity index (χ2n) is 3.16. The molecule has 0 unspecified atom stereocenters. The maximum absolute atomic E-state index is 11.4. The molecule has 0 aliphatic heterocycles. The molecule has 2 N–H and O–H groups in total. The van der Waals surface area contributed by atoms with Crippen molar-refractivity contribution in [1.29, 1.82) is 0 Å².